The first kappa shape index (κ1) is 17.6. The van der Waals surface area contributed by atoms with Crippen LogP contribution in [0.15, 0.2) is 40.2 Å². The Kier molecular flexibility index (Phi) is 5.68. The number of amides is 1. The van der Waals surface area contributed by atoms with Crippen LogP contribution < -0.4 is 5.32 Å². The van der Waals surface area contributed by atoms with Crippen LogP contribution in [0.4, 0.5) is 5.69 Å². The summed E-state index contributed by atoms with van der Waals surface area (Å²) in [5.74, 6) is -0.343. The van der Waals surface area contributed by atoms with Gasteiger partial charge in [-0.3, -0.25) is 4.79 Å². The van der Waals surface area contributed by atoms with E-state index in [1.807, 2.05) is 11.4 Å². The molecule has 0 aliphatic heterocycles. The van der Waals surface area contributed by atoms with Crippen molar-refractivity contribution in [3.05, 3.63) is 60.1 Å². The molecule has 0 fully saturated rings. The van der Waals surface area contributed by atoms with E-state index in [1.54, 1.807) is 41.7 Å². The molecule has 0 spiro atoms. The lowest BCUT2D eigenvalue weighted by Crippen LogP contribution is -2.11. The maximum atomic E-state index is 12.2. The van der Waals surface area contributed by atoms with Crippen LogP contribution in [0.25, 0.3) is 11.1 Å². The van der Waals surface area contributed by atoms with Crippen molar-refractivity contribution in [3.8, 4) is 0 Å². The molecule has 3 aromatic rings. The molecular weight excluding hydrogens is 453 g/mol. The van der Waals surface area contributed by atoms with Crippen molar-refractivity contribution < 1.29 is 4.79 Å². The van der Waals surface area contributed by atoms with Crippen LogP contribution in [0, 0.1) is 0 Å². The third-order valence-electron chi connectivity index (χ3n) is 2.78. The van der Waals surface area contributed by atoms with Gasteiger partial charge in [-0.25, -0.2) is 0 Å². The summed E-state index contributed by atoms with van der Waals surface area (Å²) in [7, 11) is 0. The highest BCUT2D eigenvalue weighted by atomic mass is 79.9. The fraction of sp³-hybridized carbons (Fsp3) is 0. The Labute approximate surface area is 164 Å². The molecule has 0 atom stereocenters. The molecule has 0 saturated carbocycles. The van der Waals surface area contributed by atoms with Crippen LogP contribution >= 0.6 is 61.8 Å². The Hall–Kier alpha value is -1.25. The molecule has 0 radical (unpaired) electrons. The van der Waals surface area contributed by atoms with E-state index in [9.17, 15) is 4.79 Å². The normalized spacial score (nSPS) is 11.5. The summed E-state index contributed by atoms with van der Waals surface area (Å²) in [5.41, 5.74) is 0.631. The molecule has 2 heterocycles. The number of halogens is 3. The number of carbonyl (C=O) groups excluding carboxylic acids is 1. The summed E-state index contributed by atoms with van der Waals surface area (Å²) < 4.78 is 0.989. The number of hydrogen-bond acceptors (Lipinski definition) is 5. The number of benzene rings is 1. The first-order chi connectivity index (χ1) is 11.5. The second-order valence-corrected chi connectivity index (χ2v) is 8.21. The Morgan fingerprint density at radius 1 is 1.21 bits per heavy atom. The van der Waals surface area contributed by atoms with Gasteiger partial charge in [-0.2, -0.15) is 0 Å². The van der Waals surface area contributed by atoms with Crippen molar-refractivity contribution in [3.63, 3.8) is 0 Å². The van der Waals surface area contributed by atoms with E-state index in [0.717, 1.165) is 20.7 Å². The number of carbonyl (C=O) groups is 1. The molecule has 9 heteroatoms. The maximum absolute atomic E-state index is 12.2. The Morgan fingerprint density at radius 3 is 2.58 bits per heavy atom. The first-order valence-electron chi connectivity index (χ1n) is 6.53. The summed E-state index contributed by atoms with van der Waals surface area (Å²) in [6, 6.07) is 8.76. The Bertz CT molecular complexity index is 906. The highest BCUT2D eigenvalue weighted by Crippen LogP contribution is 2.29. The second-order valence-electron chi connectivity index (χ2n) is 4.53. The molecule has 0 unspecified atom stereocenters. The number of nitrogens with one attached hydrogen (secondary N) is 1. The van der Waals surface area contributed by atoms with Gasteiger partial charge in [0.05, 0.1) is 5.03 Å². The average molecular weight is 461 g/mol. The predicted octanol–water partition coefficient (Wildman–Crippen LogP) is 6.00. The predicted molar refractivity (Wildman–Crippen MR) is 105 cm³/mol. The zero-order valence-electron chi connectivity index (χ0n) is 11.8. The van der Waals surface area contributed by atoms with E-state index in [2.05, 4.69) is 31.4 Å². The monoisotopic (exact) mass is 459 g/mol. The summed E-state index contributed by atoms with van der Waals surface area (Å²) in [4.78, 5) is 13.2. The number of rotatable bonds is 4. The summed E-state index contributed by atoms with van der Waals surface area (Å²) in [6.07, 6.45) is 1.79. The SMILES string of the molecule is O=C(Nc1ccc(Cl)cc1)c1nnc(/C(Cl)=C/c2cc(Br)cs2)s1. The molecule has 0 bridgehead atoms. The van der Waals surface area contributed by atoms with Crippen LogP contribution in [0.5, 0.6) is 0 Å². The molecule has 0 aliphatic carbocycles. The number of hydrogen-bond donors (Lipinski definition) is 1. The summed E-state index contributed by atoms with van der Waals surface area (Å²) >= 11 is 18.1. The zero-order valence-corrected chi connectivity index (χ0v) is 16.5. The highest BCUT2D eigenvalue weighted by Gasteiger charge is 2.15. The molecular formula is C15H8BrCl2N3OS2. The second kappa shape index (κ2) is 7.76. The molecule has 122 valence electrons. The van der Waals surface area contributed by atoms with Gasteiger partial charge in [-0.15, -0.1) is 21.5 Å². The molecule has 0 saturated heterocycles. The lowest BCUT2D eigenvalue weighted by atomic mass is 10.3. The van der Waals surface area contributed by atoms with Crippen LogP contribution in [-0.4, -0.2) is 16.1 Å². The van der Waals surface area contributed by atoms with Crippen LogP contribution in [-0.2, 0) is 0 Å². The molecule has 2 aromatic heterocycles. The lowest BCUT2D eigenvalue weighted by molar-refractivity contribution is 0.102. The largest absolute Gasteiger partial charge is 0.320 e. The molecule has 4 nitrogen and oxygen atoms in total. The van der Waals surface area contributed by atoms with Gasteiger partial charge < -0.3 is 5.32 Å². The van der Waals surface area contributed by atoms with Gasteiger partial charge >= 0.3 is 0 Å². The van der Waals surface area contributed by atoms with Crippen molar-refractivity contribution in [1.82, 2.24) is 10.2 Å². The van der Waals surface area contributed by atoms with E-state index >= 15 is 0 Å². The molecule has 1 aromatic carbocycles. The Balaban J connectivity index is 1.73. The number of anilines is 1. The highest BCUT2D eigenvalue weighted by molar-refractivity contribution is 9.10. The number of thiophene rings is 1. The third kappa shape index (κ3) is 4.43. The molecule has 24 heavy (non-hydrogen) atoms. The van der Waals surface area contributed by atoms with Gasteiger partial charge in [-0.05, 0) is 52.3 Å². The fourth-order valence-corrected chi connectivity index (χ4v) is 4.20. The molecule has 1 N–H and O–H groups in total. The van der Waals surface area contributed by atoms with Crippen molar-refractivity contribution in [2.75, 3.05) is 5.32 Å². The minimum absolute atomic E-state index is 0.235. The lowest BCUT2D eigenvalue weighted by Gasteiger charge is -2.01. The van der Waals surface area contributed by atoms with Crippen LogP contribution in [0.2, 0.25) is 5.02 Å². The summed E-state index contributed by atoms with van der Waals surface area (Å²) in [5, 5.41) is 14.3. The Morgan fingerprint density at radius 2 is 1.92 bits per heavy atom. The van der Waals surface area contributed by atoms with E-state index in [-0.39, 0.29) is 10.9 Å². The molecule has 0 aliphatic rings. The van der Waals surface area contributed by atoms with Crippen molar-refractivity contribution >= 4 is 84.5 Å². The van der Waals surface area contributed by atoms with E-state index in [4.69, 9.17) is 23.2 Å². The van der Waals surface area contributed by atoms with E-state index in [0.29, 0.717) is 20.7 Å². The van der Waals surface area contributed by atoms with Gasteiger partial charge in [0, 0.05) is 25.4 Å². The van der Waals surface area contributed by atoms with E-state index in [1.165, 1.54) is 0 Å². The van der Waals surface area contributed by atoms with Crippen molar-refractivity contribution in [2.24, 2.45) is 0 Å². The summed E-state index contributed by atoms with van der Waals surface area (Å²) in [6.45, 7) is 0. The van der Waals surface area contributed by atoms with E-state index < -0.39 is 0 Å². The minimum atomic E-state index is -0.343. The zero-order chi connectivity index (χ0) is 17.1. The van der Waals surface area contributed by atoms with Crippen molar-refractivity contribution in [2.45, 2.75) is 0 Å². The fourth-order valence-electron chi connectivity index (χ4n) is 1.72. The smallest absolute Gasteiger partial charge is 0.286 e. The van der Waals surface area contributed by atoms with Gasteiger partial charge in [0.25, 0.3) is 5.91 Å². The topological polar surface area (TPSA) is 54.9 Å². The third-order valence-corrected chi connectivity index (χ3v) is 6.03. The standard InChI is InChI=1S/C15H8BrCl2N3OS2/c16-8-5-11(23-7-8)6-12(18)14-20-21-15(24-14)13(22)19-10-3-1-9(17)2-4-10/h1-7H,(H,19,22)/b12-6-. The molecule has 3 rings (SSSR count). The average Bonchev–Trinajstić information content (AvgIpc) is 3.19. The van der Waals surface area contributed by atoms with Gasteiger partial charge in [0.15, 0.2) is 5.01 Å². The van der Waals surface area contributed by atoms with Gasteiger partial charge in [-0.1, -0.05) is 34.5 Å². The maximum Gasteiger partial charge on any atom is 0.286 e. The number of aromatic nitrogens is 2. The van der Waals surface area contributed by atoms with Crippen LogP contribution in [0.1, 0.15) is 19.7 Å². The van der Waals surface area contributed by atoms with Crippen LogP contribution in [0.3, 0.4) is 0 Å². The molecule has 1 amide bonds. The quantitative estimate of drug-likeness (QED) is 0.519. The number of nitrogens with zero attached hydrogens (tertiary/aromatic N) is 2. The van der Waals surface area contributed by atoms with Gasteiger partial charge in [0.2, 0.25) is 5.01 Å². The minimum Gasteiger partial charge on any atom is -0.320 e. The van der Waals surface area contributed by atoms with Crippen molar-refractivity contribution in [1.29, 1.82) is 0 Å². The van der Waals surface area contributed by atoms with Gasteiger partial charge in [0.1, 0.15) is 0 Å². The first-order valence-corrected chi connectivity index (χ1v) is 9.78.